The van der Waals surface area contributed by atoms with Crippen LogP contribution in [0.3, 0.4) is 0 Å². The topological polar surface area (TPSA) is 66.5 Å². The van der Waals surface area contributed by atoms with Crippen molar-refractivity contribution < 1.29 is 14.4 Å². The van der Waals surface area contributed by atoms with Gasteiger partial charge in [0.05, 0.1) is 12.0 Å². The monoisotopic (exact) mass is 586 g/mol. The Hall–Kier alpha value is -4.48. The minimum atomic E-state index is -1.34. The molecule has 214 valence electrons. The molecule has 0 bridgehead atoms. The summed E-state index contributed by atoms with van der Waals surface area (Å²) in [6.07, 6.45) is 4.81. The van der Waals surface area contributed by atoms with Crippen LogP contribution in [0.15, 0.2) is 103 Å². The third kappa shape index (κ3) is 4.17. The summed E-state index contributed by atoms with van der Waals surface area (Å²) >= 11 is 6.39. The first kappa shape index (κ1) is 27.4. The molecule has 4 aromatic rings. The summed E-state index contributed by atoms with van der Waals surface area (Å²) in [4.78, 5) is 46.1. The molecule has 0 unspecified atom stereocenters. The number of hydrogen-bond acceptors (Lipinski definition) is 4. The summed E-state index contributed by atoms with van der Waals surface area (Å²) in [7, 11) is 0. The fourth-order valence-corrected chi connectivity index (χ4v) is 7.56. The Labute approximate surface area is 256 Å². The van der Waals surface area contributed by atoms with Gasteiger partial charge in [0.15, 0.2) is 11.6 Å². The highest BCUT2D eigenvalue weighted by atomic mass is 35.5. The molecule has 1 spiro atoms. The number of nitrogens with one attached hydrogen (secondary N) is 1. The fourth-order valence-electron chi connectivity index (χ4n) is 7.38. The fraction of sp³-hybridized carbons (Fsp3) is 0.216. The van der Waals surface area contributed by atoms with Gasteiger partial charge >= 0.3 is 0 Å². The van der Waals surface area contributed by atoms with Gasteiger partial charge in [-0.25, -0.2) is 0 Å². The Bertz CT molecular complexity index is 1800. The predicted molar refractivity (Wildman–Crippen MR) is 171 cm³/mol. The molecular formula is C37H31ClN2O3. The Balaban J connectivity index is 1.49. The van der Waals surface area contributed by atoms with Crippen molar-refractivity contribution >= 4 is 46.5 Å². The van der Waals surface area contributed by atoms with Crippen molar-refractivity contribution in [1.29, 1.82) is 0 Å². The molecule has 3 aliphatic rings. The van der Waals surface area contributed by atoms with E-state index in [0.29, 0.717) is 27.8 Å². The van der Waals surface area contributed by atoms with Crippen molar-refractivity contribution in [2.45, 2.75) is 37.8 Å². The van der Waals surface area contributed by atoms with Crippen molar-refractivity contribution in [1.82, 2.24) is 0 Å². The molecule has 43 heavy (non-hydrogen) atoms. The lowest BCUT2D eigenvalue weighted by Crippen LogP contribution is -2.51. The number of ketones is 2. The summed E-state index contributed by atoms with van der Waals surface area (Å²) in [6, 6.07) is 28.2. The van der Waals surface area contributed by atoms with E-state index in [4.69, 9.17) is 11.6 Å². The van der Waals surface area contributed by atoms with Crippen LogP contribution in [0.4, 0.5) is 11.4 Å². The summed E-state index contributed by atoms with van der Waals surface area (Å²) < 4.78 is 0. The Morgan fingerprint density at radius 2 is 1.58 bits per heavy atom. The second kappa shape index (κ2) is 10.4. The zero-order valence-corrected chi connectivity index (χ0v) is 24.7. The highest BCUT2D eigenvalue weighted by Crippen LogP contribution is 2.58. The molecule has 0 radical (unpaired) electrons. The van der Waals surface area contributed by atoms with E-state index in [-0.39, 0.29) is 17.5 Å². The molecule has 0 aromatic heterocycles. The number of nitrogens with zero attached hydrogens (tertiary/aromatic N) is 1. The lowest BCUT2D eigenvalue weighted by atomic mass is 9.64. The molecule has 4 atom stereocenters. The summed E-state index contributed by atoms with van der Waals surface area (Å²) in [6.45, 7) is 4.32. The van der Waals surface area contributed by atoms with Crippen LogP contribution in [0.25, 0.3) is 6.08 Å². The second-order valence-electron chi connectivity index (χ2n) is 12.1. The number of para-hydroxylation sites is 1. The molecule has 4 aromatic carbocycles. The number of carbonyl (C=O) groups is 3. The van der Waals surface area contributed by atoms with Gasteiger partial charge in [0.2, 0.25) is 5.91 Å². The van der Waals surface area contributed by atoms with E-state index in [2.05, 4.69) is 19.2 Å². The van der Waals surface area contributed by atoms with Crippen molar-refractivity contribution in [3.05, 3.63) is 136 Å². The zero-order chi connectivity index (χ0) is 29.9. The number of halogens is 1. The van der Waals surface area contributed by atoms with Gasteiger partial charge in [-0.1, -0.05) is 110 Å². The number of rotatable bonds is 6. The first-order valence-corrected chi connectivity index (χ1v) is 15.1. The molecule has 3 heterocycles. The number of carbonyl (C=O) groups excluding carboxylic acids is 3. The van der Waals surface area contributed by atoms with E-state index in [0.717, 1.165) is 28.8 Å². The molecular weight excluding hydrogens is 556 g/mol. The number of fused-ring (bicyclic) bond motifs is 6. The third-order valence-corrected chi connectivity index (χ3v) is 9.32. The molecule has 1 saturated heterocycles. The molecule has 0 saturated carbocycles. The molecule has 0 aliphatic carbocycles. The van der Waals surface area contributed by atoms with E-state index in [1.54, 1.807) is 18.2 Å². The van der Waals surface area contributed by atoms with Gasteiger partial charge in [-0.05, 0) is 53.3 Å². The summed E-state index contributed by atoms with van der Waals surface area (Å²) in [5.41, 5.74) is 3.78. The number of anilines is 2. The Kier molecular flexibility index (Phi) is 6.59. The van der Waals surface area contributed by atoms with Gasteiger partial charge in [-0.3, -0.25) is 14.4 Å². The largest absolute Gasteiger partial charge is 0.352 e. The van der Waals surface area contributed by atoms with Crippen molar-refractivity contribution in [3.63, 3.8) is 0 Å². The number of hydrogen-bond donors (Lipinski definition) is 1. The van der Waals surface area contributed by atoms with Crippen molar-refractivity contribution in [3.8, 4) is 0 Å². The molecule has 1 amide bonds. The molecule has 1 N–H and O–H groups in total. The van der Waals surface area contributed by atoms with Gasteiger partial charge < -0.3 is 10.2 Å². The summed E-state index contributed by atoms with van der Waals surface area (Å²) in [5.74, 6) is -1.23. The van der Waals surface area contributed by atoms with E-state index in [1.165, 1.54) is 0 Å². The van der Waals surface area contributed by atoms with Crippen LogP contribution < -0.4 is 10.2 Å². The molecule has 6 heteroatoms. The molecule has 3 aliphatic heterocycles. The van der Waals surface area contributed by atoms with E-state index in [9.17, 15) is 14.4 Å². The number of amides is 1. The molecule has 1 fully saturated rings. The maximum absolute atomic E-state index is 14.9. The van der Waals surface area contributed by atoms with Crippen LogP contribution in [0, 0.1) is 11.8 Å². The molecule has 5 nitrogen and oxygen atoms in total. The smallest absolute Gasteiger partial charge is 0.238 e. The summed E-state index contributed by atoms with van der Waals surface area (Å²) in [5, 5.41) is 3.65. The van der Waals surface area contributed by atoms with Crippen molar-refractivity contribution in [2.75, 3.05) is 10.2 Å². The zero-order valence-electron chi connectivity index (χ0n) is 24.0. The van der Waals surface area contributed by atoms with E-state index in [1.807, 2.05) is 95.9 Å². The average Bonchev–Trinajstić information content (AvgIpc) is 3.49. The predicted octanol–water partition coefficient (Wildman–Crippen LogP) is 7.39. The van der Waals surface area contributed by atoms with Crippen LogP contribution in [-0.2, 0) is 16.6 Å². The number of Topliss-reactive ketones (excluding diaryl/α,β-unsaturated/α-hetero) is 2. The lowest BCUT2D eigenvalue weighted by molar-refractivity contribution is -0.121. The lowest BCUT2D eigenvalue weighted by Gasteiger charge is -2.37. The Morgan fingerprint density at radius 1 is 0.884 bits per heavy atom. The van der Waals surface area contributed by atoms with E-state index < -0.39 is 23.4 Å². The minimum Gasteiger partial charge on any atom is -0.352 e. The quantitative estimate of drug-likeness (QED) is 0.239. The second-order valence-corrected chi connectivity index (χ2v) is 12.5. The van der Waals surface area contributed by atoms with Crippen LogP contribution >= 0.6 is 11.6 Å². The van der Waals surface area contributed by atoms with Crippen LogP contribution in [0.5, 0.6) is 0 Å². The Morgan fingerprint density at radius 3 is 2.33 bits per heavy atom. The normalized spacial score (nSPS) is 23.2. The standard InChI is InChI=1S/C37H31ClN2O3/c1-22(2)20-23-12-14-25(15-13-23)34(41)32-33(35(42)24-8-4-3-5-9-24)40-30-18-17-27(38)21-26(30)16-19-31(40)37(32)28-10-6-7-11-29(28)39-36(37)43/h3-19,21-22,31-33H,20H2,1-2H3,(H,39,43)/t31-,32-,33+,37+/m1/s1. The van der Waals surface area contributed by atoms with Crippen molar-refractivity contribution in [2.24, 2.45) is 11.8 Å². The van der Waals surface area contributed by atoms with Crippen LogP contribution in [-0.4, -0.2) is 29.6 Å². The van der Waals surface area contributed by atoms with Gasteiger partial charge in [0.25, 0.3) is 0 Å². The number of benzene rings is 4. The van der Waals surface area contributed by atoms with E-state index >= 15 is 0 Å². The van der Waals surface area contributed by atoms with Crippen LogP contribution in [0.1, 0.15) is 51.3 Å². The maximum atomic E-state index is 14.9. The van der Waals surface area contributed by atoms with Gasteiger partial charge in [-0.15, -0.1) is 0 Å². The van der Waals surface area contributed by atoms with Gasteiger partial charge in [0, 0.05) is 27.5 Å². The SMILES string of the molecule is CC(C)Cc1ccc(C(=O)[C@H]2[C@@H](C(=O)c3ccccc3)N3c4ccc(Cl)cc4C=C[C@@H]3[C@]23C(=O)Nc2ccccc23)cc1. The first-order valence-electron chi connectivity index (χ1n) is 14.7. The average molecular weight is 587 g/mol. The first-order chi connectivity index (χ1) is 20.8. The van der Waals surface area contributed by atoms with Gasteiger partial charge in [0.1, 0.15) is 11.5 Å². The van der Waals surface area contributed by atoms with Crippen LogP contribution in [0.2, 0.25) is 5.02 Å². The maximum Gasteiger partial charge on any atom is 0.238 e. The third-order valence-electron chi connectivity index (χ3n) is 9.09. The van der Waals surface area contributed by atoms with Gasteiger partial charge in [-0.2, -0.15) is 0 Å². The molecule has 7 rings (SSSR count). The highest BCUT2D eigenvalue weighted by molar-refractivity contribution is 6.31. The highest BCUT2D eigenvalue weighted by Gasteiger charge is 2.70. The minimum absolute atomic E-state index is 0.203.